The monoisotopic (exact) mass is 473 g/mol. The molecular weight excluding hydrogens is 442 g/mol. The number of carbonyl (C=O) groups is 1. The fourth-order valence-electron chi connectivity index (χ4n) is 4.46. The van der Waals surface area contributed by atoms with Crippen LogP contribution in [0.5, 0.6) is 11.8 Å². The molecule has 1 saturated heterocycles. The lowest BCUT2D eigenvalue weighted by atomic mass is 10.1. The van der Waals surface area contributed by atoms with E-state index in [9.17, 15) is 4.79 Å². The van der Waals surface area contributed by atoms with E-state index in [4.69, 9.17) is 9.47 Å². The molecule has 3 heterocycles. The molecule has 1 fully saturated rings. The van der Waals surface area contributed by atoms with E-state index in [1.165, 1.54) is 0 Å². The van der Waals surface area contributed by atoms with Gasteiger partial charge in [-0.05, 0) is 42.3 Å². The Balaban J connectivity index is 1.38. The highest BCUT2D eigenvalue weighted by molar-refractivity contribution is 6.05. The maximum Gasteiger partial charge on any atom is 0.318 e. The van der Waals surface area contributed by atoms with Crippen LogP contribution < -0.4 is 19.7 Å². The van der Waals surface area contributed by atoms with Crippen LogP contribution in [0.1, 0.15) is 34.5 Å². The average molecular weight is 474 g/mol. The summed E-state index contributed by atoms with van der Waals surface area (Å²) < 4.78 is 11.7. The lowest BCUT2D eigenvalue weighted by Crippen LogP contribution is -2.47. The predicted molar refractivity (Wildman–Crippen MR) is 134 cm³/mol. The molecular formula is C27H31N5O3. The summed E-state index contributed by atoms with van der Waals surface area (Å²) in [5.41, 5.74) is 2.74. The van der Waals surface area contributed by atoms with E-state index in [2.05, 4.69) is 20.2 Å². The molecule has 0 aliphatic carbocycles. The number of ether oxygens (including phenoxy) is 2. The molecule has 3 aromatic rings. The number of nitrogens with zero attached hydrogens (tertiary/aromatic N) is 4. The first-order chi connectivity index (χ1) is 17.2. The van der Waals surface area contributed by atoms with Gasteiger partial charge in [0.25, 0.3) is 5.91 Å². The lowest BCUT2D eigenvalue weighted by molar-refractivity contribution is 0.0981. The minimum absolute atomic E-state index is 0.0874. The number of rotatable bonds is 8. The van der Waals surface area contributed by atoms with Crippen molar-refractivity contribution in [2.24, 2.45) is 0 Å². The topological polar surface area (TPSA) is 79.8 Å². The maximum absolute atomic E-state index is 13.7. The van der Waals surface area contributed by atoms with Crippen LogP contribution in [0.15, 0.2) is 60.8 Å². The van der Waals surface area contributed by atoms with Gasteiger partial charge in [-0.3, -0.25) is 14.6 Å². The second-order valence-corrected chi connectivity index (χ2v) is 8.84. The summed E-state index contributed by atoms with van der Waals surface area (Å²) in [6.45, 7) is 7.76. The molecule has 0 spiro atoms. The van der Waals surface area contributed by atoms with Crippen molar-refractivity contribution in [2.45, 2.75) is 19.4 Å². The zero-order valence-electron chi connectivity index (χ0n) is 20.0. The molecule has 0 saturated carbocycles. The minimum atomic E-state index is -0.215. The third kappa shape index (κ3) is 5.61. The van der Waals surface area contributed by atoms with Crippen LogP contribution in [-0.2, 0) is 6.42 Å². The number of hydrogen-bond donors (Lipinski definition) is 1. The van der Waals surface area contributed by atoms with Crippen LogP contribution >= 0.6 is 0 Å². The molecule has 5 rings (SSSR count). The Labute approximate surface area is 205 Å². The van der Waals surface area contributed by atoms with Crippen molar-refractivity contribution < 1.29 is 14.3 Å². The van der Waals surface area contributed by atoms with Crippen LogP contribution in [0.25, 0.3) is 0 Å². The molecule has 1 atom stereocenters. The quantitative estimate of drug-likeness (QED) is 0.539. The number of carbonyl (C=O) groups excluding carboxylic acids is 1. The van der Waals surface area contributed by atoms with E-state index < -0.39 is 0 Å². The molecule has 8 nitrogen and oxygen atoms in total. The van der Waals surface area contributed by atoms with Gasteiger partial charge in [-0.2, -0.15) is 4.98 Å². The molecule has 2 aromatic carbocycles. The summed E-state index contributed by atoms with van der Waals surface area (Å²) in [6, 6.07) is 17.6. The van der Waals surface area contributed by atoms with Gasteiger partial charge in [-0.25, -0.2) is 4.98 Å². The number of aromatic nitrogens is 2. The maximum atomic E-state index is 13.7. The summed E-state index contributed by atoms with van der Waals surface area (Å²) >= 11 is 0. The second kappa shape index (κ2) is 10.8. The SMILES string of the molecule is C[C@H](Oc1nccc(N(CCN2CCNCC2)C(=O)c2ccc3c(c2)CCO3)n1)c1ccccc1. The van der Waals surface area contributed by atoms with Gasteiger partial charge >= 0.3 is 6.01 Å². The van der Waals surface area contributed by atoms with Gasteiger partial charge in [0.2, 0.25) is 0 Å². The van der Waals surface area contributed by atoms with Crippen molar-refractivity contribution in [3.63, 3.8) is 0 Å². The van der Waals surface area contributed by atoms with Gasteiger partial charge in [-0.15, -0.1) is 0 Å². The van der Waals surface area contributed by atoms with Crippen LogP contribution in [-0.4, -0.2) is 66.7 Å². The van der Waals surface area contributed by atoms with Crippen molar-refractivity contribution in [3.8, 4) is 11.8 Å². The van der Waals surface area contributed by atoms with Crippen LogP contribution in [0, 0.1) is 0 Å². The van der Waals surface area contributed by atoms with E-state index in [0.29, 0.717) is 24.5 Å². The molecule has 0 unspecified atom stereocenters. The summed E-state index contributed by atoms with van der Waals surface area (Å²) in [4.78, 5) is 26.8. The zero-order valence-corrected chi connectivity index (χ0v) is 20.0. The molecule has 35 heavy (non-hydrogen) atoms. The lowest BCUT2D eigenvalue weighted by Gasteiger charge is -2.30. The Bertz CT molecular complexity index is 1150. The minimum Gasteiger partial charge on any atom is -0.493 e. The van der Waals surface area contributed by atoms with Crippen LogP contribution in [0.4, 0.5) is 5.82 Å². The highest BCUT2D eigenvalue weighted by atomic mass is 16.5. The fourth-order valence-corrected chi connectivity index (χ4v) is 4.46. The van der Waals surface area contributed by atoms with E-state index >= 15 is 0 Å². The average Bonchev–Trinajstić information content (AvgIpc) is 3.38. The number of fused-ring (bicyclic) bond motifs is 1. The highest BCUT2D eigenvalue weighted by Crippen LogP contribution is 2.27. The number of amides is 1. The molecule has 0 radical (unpaired) electrons. The smallest absolute Gasteiger partial charge is 0.318 e. The third-order valence-electron chi connectivity index (χ3n) is 6.48. The van der Waals surface area contributed by atoms with E-state index in [1.54, 1.807) is 17.2 Å². The third-order valence-corrected chi connectivity index (χ3v) is 6.48. The normalized spacial score (nSPS) is 16.3. The largest absolute Gasteiger partial charge is 0.493 e. The van der Waals surface area contributed by atoms with Crippen molar-refractivity contribution in [3.05, 3.63) is 77.5 Å². The van der Waals surface area contributed by atoms with Crippen molar-refractivity contribution in [1.29, 1.82) is 0 Å². The van der Waals surface area contributed by atoms with E-state index in [0.717, 1.165) is 56.0 Å². The molecule has 8 heteroatoms. The number of hydrogen-bond acceptors (Lipinski definition) is 7. The Morgan fingerprint density at radius 2 is 2.00 bits per heavy atom. The molecule has 2 aliphatic rings. The van der Waals surface area contributed by atoms with E-state index in [1.807, 2.05) is 55.5 Å². The Kier molecular flexibility index (Phi) is 7.20. The van der Waals surface area contributed by atoms with Crippen LogP contribution in [0.2, 0.25) is 0 Å². The first-order valence-corrected chi connectivity index (χ1v) is 12.2. The van der Waals surface area contributed by atoms with Crippen LogP contribution in [0.3, 0.4) is 0 Å². The molecule has 1 N–H and O–H groups in total. The number of benzene rings is 2. The number of anilines is 1. The van der Waals surface area contributed by atoms with Gasteiger partial charge in [-0.1, -0.05) is 30.3 Å². The Hall–Kier alpha value is -3.49. The molecule has 0 bridgehead atoms. The fraction of sp³-hybridized carbons (Fsp3) is 0.370. The molecule has 1 amide bonds. The molecule has 1 aromatic heterocycles. The predicted octanol–water partition coefficient (Wildman–Crippen LogP) is 3.10. The van der Waals surface area contributed by atoms with E-state index in [-0.39, 0.29) is 18.0 Å². The van der Waals surface area contributed by atoms with Crippen molar-refractivity contribution in [1.82, 2.24) is 20.2 Å². The first kappa shape index (κ1) is 23.3. The number of nitrogens with one attached hydrogen (secondary N) is 1. The first-order valence-electron chi connectivity index (χ1n) is 12.2. The zero-order chi connectivity index (χ0) is 24.0. The summed E-state index contributed by atoms with van der Waals surface area (Å²) in [5.74, 6) is 1.31. The second-order valence-electron chi connectivity index (χ2n) is 8.84. The summed E-state index contributed by atoms with van der Waals surface area (Å²) in [6.07, 6.45) is 2.25. The van der Waals surface area contributed by atoms with Crippen molar-refractivity contribution >= 4 is 11.7 Å². The summed E-state index contributed by atoms with van der Waals surface area (Å²) in [7, 11) is 0. The Morgan fingerprint density at radius 3 is 2.83 bits per heavy atom. The number of piperazine rings is 1. The summed E-state index contributed by atoms with van der Waals surface area (Å²) in [5, 5.41) is 3.37. The van der Waals surface area contributed by atoms with Gasteiger partial charge in [0.1, 0.15) is 17.7 Å². The van der Waals surface area contributed by atoms with Gasteiger partial charge in [0, 0.05) is 57.4 Å². The highest BCUT2D eigenvalue weighted by Gasteiger charge is 2.24. The Morgan fingerprint density at radius 1 is 1.17 bits per heavy atom. The van der Waals surface area contributed by atoms with Crippen molar-refractivity contribution in [2.75, 3.05) is 50.8 Å². The molecule has 2 aliphatic heterocycles. The van der Waals surface area contributed by atoms with Gasteiger partial charge in [0.05, 0.1) is 6.61 Å². The van der Waals surface area contributed by atoms with Gasteiger partial charge < -0.3 is 14.8 Å². The standard InChI is InChI=1S/C27H31N5O3/c1-20(21-5-3-2-4-6-21)35-27-29-11-9-25(30-27)32(17-16-31-14-12-28-13-15-31)26(33)23-7-8-24-22(19-23)10-18-34-24/h2-9,11,19-20,28H,10,12-18H2,1H3/t20-/m0/s1. The molecule has 182 valence electrons. The van der Waals surface area contributed by atoms with Gasteiger partial charge in [0.15, 0.2) is 0 Å².